The van der Waals surface area contributed by atoms with E-state index in [0.29, 0.717) is 29.6 Å². The monoisotopic (exact) mass is 356 g/mol. The SMILES string of the molecule is O=C1CCCC2=C1C(c1ccccc1)C1=C(N2)C(=O)c2ncccc2C1=O. The zero-order chi connectivity index (χ0) is 18.5. The molecule has 27 heavy (non-hydrogen) atoms. The number of benzene rings is 1. The van der Waals surface area contributed by atoms with Crippen molar-refractivity contribution in [2.75, 3.05) is 0 Å². The van der Waals surface area contributed by atoms with E-state index in [4.69, 9.17) is 0 Å². The van der Waals surface area contributed by atoms with Crippen LogP contribution >= 0.6 is 0 Å². The minimum Gasteiger partial charge on any atom is -0.355 e. The molecule has 132 valence electrons. The zero-order valence-electron chi connectivity index (χ0n) is 14.5. The highest BCUT2D eigenvalue weighted by Gasteiger charge is 2.44. The van der Waals surface area contributed by atoms with E-state index in [0.717, 1.165) is 17.7 Å². The number of hydrogen-bond donors (Lipinski definition) is 1. The van der Waals surface area contributed by atoms with E-state index < -0.39 is 5.92 Å². The molecule has 1 aromatic carbocycles. The van der Waals surface area contributed by atoms with Crippen LogP contribution in [0, 0.1) is 0 Å². The first-order valence-corrected chi connectivity index (χ1v) is 9.03. The predicted octanol–water partition coefficient (Wildman–Crippen LogP) is 3.11. The largest absolute Gasteiger partial charge is 0.355 e. The van der Waals surface area contributed by atoms with Crippen molar-refractivity contribution in [1.29, 1.82) is 0 Å². The molecular weight excluding hydrogens is 340 g/mol. The Morgan fingerprint density at radius 1 is 0.889 bits per heavy atom. The maximum atomic E-state index is 13.3. The van der Waals surface area contributed by atoms with Gasteiger partial charge >= 0.3 is 0 Å². The second-order valence-electron chi connectivity index (χ2n) is 6.98. The Labute approximate surface area is 155 Å². The van der Waals surface area contributed by atoms with Gasteiger partial charge in [0.2, 0.25) is 5.78 Å². The summed E-state index contributed by atoms with van der Waals surface area (Å²) in [4.78, 5) is 43.3. The lowest BCUT2D eigenvalue weighted by Gasteiger charge is -2.36. The standard InChI is InChI=1S/C22H16N2O3/c25-15-10-4-9-14-17(15)16(12-6-2-1-3-7-12)18-20(24-14)22(27)19-13(21(18)26)8-5-11-23-19/h1-3,5-8,11,16,24H,4,9-10H2. The van der Waals surface area contributed by atoms with E-state index in [2.05, 4.69) is 10.3 Å². The molecular formula is C22H16N2O3. The van der Waals surface area contributed by atoms with Crippen LogP contribution in [0.5, 0.6) is 0 Å². The molecule has 0 amide bonds. The van der Waals surface area contributed by atoms with Gasteiger partial charge in [0.25, 0.3) is 0 Å². The highest BCUT2D eigenvalue weighted by Crippen LogP contribution is 2.45. The maximum Gasteiger partial charge on any atom is 0.228 e. The van der Waals surface area contributed by atoms with Crippen molar-refractivity contribution >= 4 is 17.3 Å². The Morgan fingerprint density at radius 3 is 2.52 bits per heavy atom. The van der Waals surface area contributed by atoms with Crippen LogP contribution in [0.15, 0.2) is 71.2 Å². The Bertz CT molecular complexity index is 1080. The van der Waals surface area contributed by atoms with E-state index in [1.807, 2.05) is 30.3 Å². The fourth-order valence-electron chi connectivity index (χ4n) is 4.27. The van der Waals surface area contributed by atoms with Gasteiger partial charge in [0.05, 0.1) is 11.3 Å². The second kappa shape index (κ2) is 5.84. The van der Waals surface area contributed by atoms with Gasteiger partial charge in [0.15, 0.2) is 11.6 Å². The molecule has 0 fully saturated rings. The Morgan fingerprint density at radius 2 is 1.70 bits per heavy atom. The van der Waals surface area contributed by atoms with E-state index >= 15 is 0 Å². The number of dihydropyridines is 1. The molecule has 0 radical (unpaired) electrons. The van der Waals surface area contributed by atoms with Crippen LogP contribution in [-0.2, 0) is 4.79 Å². The van der Waals surface area contributed by atoms with Crippen LogP contribution in [0.1, 0.15) is 51.6 Å². The molecule has 5 rings (SSSR count). The number of nitrogens with zero attached hydrogens (tertiary/aromatic N) is 1. The van der Waals surface area contributed by atoms with Crippen molar-refractivity contribution < 1.29 is 14.4 Å². The van der Waals surface area contributed by atoms with Gasteiger partial charge in [-0.25, -0.2) is 0 Å². The summed E-state index contributed by atoms with van der Waals surface area (Å²) in [5.41, 5.74) is 3.35. The van der Waals surface area contributed by atoms with Gasteiger partial charge in [-0.15, -0.1) is 0 Å². The summed E-state index contributed by atoms with van der Waals surface area (Å²) in [6.07, 6.45) is 3.41. The molecule has 5 nitrogen and oxygen atoms in total. The van der Waals surface area contributed by atoms with Gasteiger partial charge in [0.1, 0.15) is 5.69 Å². The van der Waals surface area contributed by atoms with Crippen molar-refractivity contribution in [3.63, 3.8) is 0 Å². The predicted molar refractivity (Wildman–Crippen MR) is 98.1 cm³/mol. The number of fused-ring (bicyclic) bond motifs is 1. The summed E-state index contributed by atoms with van der Waals surface area (Å²) in [6, 6.07) is 12.8. The van der Waals surface area contributed by atoms with Crippen molar-refractivity contribution in [3.8, 4) is 0 Å². The summed E-state index contributed by atoms with van der Waals surface area (Å²) in [7, 11) is 0. The third kappa shape index (κ3) is 2.24. The van der Waals surface area contributed by atoms with Crippen molar-refractivity contribution in [2.45, 2.75) is 25.2 Å². The lowest BCUT2D eigenvalue weighted by Crippen LogP contribution is -2.40. The molecule has 1 unspecified atom stereocenters. The number of pyridine rings is 1. The number of aromatic nitrogens is 1. The van der Waals surface area contributed by atoms with E-state index in [9.17, 15) is 14.4 Å². The molecule has 1 aromatic heterocycles. The van der Waals surface area contributed by atoms with Gasteiger partial charge in [-0.1, -0.05) is 30.3 Å². The minimum absolute atomic E-state index is 0.0429. The van der Waals surface area contributed by atoms with Crippen molar-refractivity contribution in [1.82, 2.24) is 10.3 Å². The lowest BCUT2D eigenvalue weighted by molar-refractivity contribution is -0.116. The third-order valence-corrected chi connectivity index (χ3v) is 5.45. The summed E-state index contributed by atoms with van der Waals surface area (Å²) in [6.45, 7) is 0. The molecule has 0 bridgehead atoms. The Hall–Kier alpha value is -3.34. The number of carbonyl (C=O) groups is 3. The van der Waals surface area contributed by atoms with Gasteiger partial charge in [-0.2, -0.15) is 0 Å². The lowest BCUT2D eigenvalue weighted by atomic mass is 9.71. The highest BCUT2D eigenvalue weighted by atomic mass is 16.1. The van der Waals surface area contributed by atoms with Crippen LogP contribution in [0.2, 0.25) is 0 Å². The van der Waals surface area contributed by atoms with Gasteiger partial charge in [0, 0.05) is 35.4 Å². The highest BCUT2D eigenvalue weighted by molar-refractivity contribution is 6.27. The number of nitrogens with one attached hydrogen (secondary N) is 1. The maximum absolute atomic E-state index is 13.3. The molecule has 5 heteroatoms. The fourth-order valence-corrected chi connectivity index (χ4v) is 4.27. The van der Waals surface area contributed by atoms with Gasteiger partial charge in [-0.05, 0) is 30.5 Å². The normalized spacial score (nSPS) is 21.5. The van der Waals surface area contributed by atoms with Gasteiger partial charge in [-0.3, -0.25) is 19.4 Å². The van der Waals surface area contributed by atoms with Crippen LogP contribution in [0.3, 0.4) is 0 Å². The first kappa shape index (κ1) is 15.9. The average molecular weight is 356 g/mol. The summed E-state index contributed by atoms with van der Waals surface area (Å²) in [5.74, 6) is -0.999. The van der Waals surface area contributed by atoms with Crippen LogP contribution < -0.4 is 5.32 Å². The molecule has 0 saturated carbocycles. The molecule has 1 atom stereocenters. The molecule has 2 aromatic rings. The fraction of sp³-hybridized carbons (Fsp3) is 0.182. The van der Waals surface area contributed by atoms with E-state index in [1.165, 1.54) is 6.20 Å². The second-order valence-corrected chi connectivity index (χ2v) is 6.98. The smallest absolute Gasteiger partial charge is 0.228 e. The van der Waals surface area contributed by atoms with Crippen molar-refractivity contribution in [2.24, 2.45) is 0 Å². The average Bonchev–Trinajstić information content (AvgIpc) is 2.71. The molecule has 0 spiro atoms. The number of ketones is 3. The summed E-state index contributed by atoms with van der Waals surface area (Å²) in [5, 5.41) is 3.14. The van der Waals surface area contributed by atoms with E-state index in [-0.39, 0.29) is 28.7 Å². The molecule has 2 aliphatic carbocycles. The molecule has 1 N–H and O–H groups in total. The molecule has 3 aliphatic rings. The molecule has 1 aliphatic heterocycles. The zero-order valence-corrected chi connectivity index (χ0v) is 14.5. The number of rotatable bonds is 1. The van der Waals surface area contributed by atoms with E-state index in [1.54, 1.807) is 12.1 Å². The first-order chi connectivity index (χ1) is 13.2. The summed E-state index contributed by atoms with van der Waals surface area (Å²) >= 11 is 0. The number of allylic oxidation sites excluding steroid dienone is 4. The molecule has 0 saturated heterocycles. The number of hydrogen-bond acceptors (Lipinski definition) is 5. The van der Waals surface area contributed by atoms with Crippen LogP contribution in [0.4, 0.5) is 0 Å². The Balaban J connectivity index is 1.77. The molecule has 2 heterocycles. The third-order valence-electron chi connectivity index (χ3n) is 5.45. The topological polar surface area (TPSA) is 76.1 Å². The quantitative estimate of drug-likeness (QED) is 0.850. The number of carbonyl (C=O) groups excluding carboxylic acids is 3. The number of Topliss-reactive ketones (excluding diaryl/α,β-unsaturated/α-hetero) is 3. The first-order valence-electron chi connectivity index (χ1n) is 9.03. The van der Waals surface area contributed by atoms with Crippen LogP contribution in [-0.4, -0.2) is 22.3 Å². The summed E-state index contributed by atoms with van der Waals surface area (Å²) < 4.78 is 0. The van der Waals surface area contributed by atoms with Crippen LogP contribution in [0.25, 0.3) is 0 Å². The van der Waals surface area contributed by atoms with Gasteiger partial charge < -0.3 is 5.32 Å². The van der Waals surface area contributed by atoms with Crippen molar-refractivity contribution in [3.05, 3.63) is 88.0 Å². The minimum atomic E-state index is -0.518. The Kier molecular flexibility index (Phi) is 3.44.